The maximum atomic E-state index is 14.0. The van der Waals surface area contributed by atoms with Crippen LogP contribution in [0.2, 0.25) is 0 Å². The zero-order valence-corrected chi connectivity index (χ0v) is 35.8. The van der Waals surface area contributed by atoms with Gasteiger partial charge in [0.15, 0.2) is 5.78 Å². The van der Waals surface area contributed by atoms with Gasteiger partial charge in [-0.2, -0.15) is 0 Å². The van der Waals surface area contributed by atoms with Gasteiger partial charge in [-0.15, -0.1) is 0 Å². The van der Waals surface area contributed by atoms with Crippen LogP contribution in [-0.2, 0) is 24.2 Å². The van der Waals surface area contributed by atoms with Crippen molar-refractivity contribution in [2.45, 2.75) is 140 Å². The van der Waals surface area contributed by atoms with E-state index in [1.165, 1.54) is 33.4 Å². The highest BCUT2D eigenvalue weighted by atomic mass is 16.1. The molecule has 3 atom stereocenters. The highest BCUT2D eigenvalue weighted by Gasteiger charge is 2.46. The number of benzene rings is 2. The van der Waals surface area contributed by atoms with Crippen molar-refractivity contribution in [2.24, 2.45) is 34.0 Å². The predicted octanol–water partition coefficient (Wildman–Crippen LogP) is 12.5. The summed E-state index contributed by atoms with van der Waals surface area (Å²) in [5.41, 5.74) is 9.23. The fourth-order valence-corrected chi connectivity index (χ4v) is 8.57. The molecule has 3 heteroatoms. The normalized spacial score (nSPS) is 21.1. The number of carbonyl (C=O) groups excluding carboxylic acids is 1. The molecule has 0 radical (unpaired) electrons. The number of nitrogens with one attached hydrogen (secondary N) is 1. The molecular formula is C50H74N2O. The van der Waals surface area contributed by atoms with Crippen LogP contribution in [0.4, 0.5) is 0 Å². The fraction of sp³-hybridized carbons (Fsp3) is 0.580. The Hall–Kier alpha value is -3.17. The van der Waals surface area contributed by atoms with Crippen LogP contribution in [0.15, 0.2) is 96.3 Å². The molecule has 3 unspecified atom stereocenters. The molecule has 0 bridgehead atoms. The first-order chi connectivity index (χ1) is 24.7. The molecule has 1 N–H and O–H groups in total. The van der Waals surface area contributed by atoms with E-state index in [0.717, 1.165) is 70.2 Å². The number of rotatable bonds is 16. The monoisotopic (exact) mass is 719 g/mol. The van der Waals surface area contributed by atoms with E-state index in [1.54, 1.807) is 0 Å². The molecule has 0 aromatic heterocycles. The summed E-state index contributed by atoms with van der Waals surface area (Å²) >= 11 is 0. The van der Waals surface area contributed by atoms with Gasteiger partial charge in [-0.1, -0.05) is 129 Å². The number of aryl methyl sites for hydroxylation is 1. The van der Waals surface area contributed by atoms with E-state index >= 15 is 0 Å². The van der Waals surface area contributed by atoms with Crippen LogP contribution < -0.4 is 5.32 Å². The third kappa shape index (κ3) is 11.9. The van der Waals surface area contributed by atoms with Gasteiger partial charge in [0.1, 0.15) is 0 Å². The third-order valence-corrected chi connectivity index (χ3v) is 12.1. The van der Waals surface area contributed by atoms with Crippen LogP contribution in [0.5, 0.6) is 0 Å². The minimum atomic E-state index is -0.0564. The largest absolute Gasteiger partial charge is 0.372 e. The minimum Gasteiger partial charge on any atom is -0.372 e. The summed E-state index contributed by atoms with van der Waals surface area (Å²) in [5.74, 6) is 1.52. The molecule has 1 aliphatic carbocycles. The summed E-state index contributed by atoms with van der Waals surface area (Å²) in [7, 11) is 0. The highest BCUT2D eigenvalue weighted by Crippen LogP contribution is 2.48. The van der Waals surface area contributed by atoms with Crippen molar-refractivity contribution in [1.82, 2.24) is 10.2 Å². The second kappa shape index (κ2) is 17.5. The third-order valence-electron chi connectivity index (χ3n) is 12.1. The quantitative estimate of drug-likeness (QED) is 0.139. The van der Waals surface area contributed by atoms with Gasteiger partial charge >= 0.3 is 0 Å². The molecule has 0 saturated heterocycles. The SMILES string of the molecule is C=C(CNCc1ccc(Cc2ccc(CCC3CC(C)C3C(=O)C3=CN(C(C)(C)C)CCC3(C)C)cc2)cc1)C(=CC)C(C)(C)CCC=CC(C)(C)C. The summed E-state index contributed by atoms with van der Waals surface area (Å²) in [6.07, 6.45) is 16.6. The maximum absolute atomic E-state index is 14.0. The van der Waals surface area contributed by atoms with Gasteiger partial charge in [-0.05, 0) is 134 Å². The molecule has 2 aromatic rings. The van der Waals surface area contributed by atoms with Gasteiger partial charge in [0, 0.05) is 42.9 Å². The lowest BCUT2D eigenvalue weighted by molar-refractivity contribution is -0.129. The lowest BCUT2D eigenvalue weighted by atomic mass is 9.59. The van der Waals surface area contributed by atoms with Crippen molar-refractivity contribution in [1.29, 1.82) is 0 Å². The van der Waals surface area contributed by atoms with Crippen molar-refractivity contribution < 1.29 is 4.79 Å². The topological polar surface area (TPSA) is 32.3 Å². The second-order valence-corrected chi connectivity index (χ2v) is 19.9. The molecule has 0 spiro atoms. The van der Waals surface area contributed by atoms with Crippen LogP contribution in [0.3, 0.4) is 0 Å². The van der Waals surface area contributed by atoms with Crippen LogP contribution >= 0.6 is 0 Å². The first-order valence-electron chi connectivity index (χ1n) is 20.6. The fourth-order valence-electron chi connectivity index (χ4n) is 8.57. The smallest absolute Gasteiger partial charge is 0.164 e. The van der Waals surface area contributed by atoms with Crippen molar-refractivity contribution >= 4 is 5.78 Å². The average Bonchev–Trinajstić information content (AvgIpc) is 3.05. The van der Waals surface area contributed by atoms with Crippen LogP contribution in [0.1, 0.15) is 137 Å². The highest BCUT2D eigenvalue weighted by molar-refractivity contribution is 5.99. The maximum Gasteiger partial charge on any atom is 0.164 e. The molecule has 2 aromatic carbocycles. The standard InChI is InChI=1S/C50H74N2O/c1-14-43(49(10,11)28-16-15-27-47(4,5)6)37(3)33-51-34-41-23-21-40(22-24-41)32-39-19-17-38(18-20-39)25-26-42-31-36(2)45(42)46(53)44-35-52(48(7,8)9)30-29-50(44,12)13/h14-15,17-24,27,35-36,42,45,51H,3,16,25-26,28-34H2,1-2,4-13H3. The summed E-state index contributed by atoms with van der Waals surface area (Å²) in [6.45, 7) is 34.2. The molecule has 1 heterocycles. The molecule has 3 nitrogen and oxygen atoms in total. The Balaban J connectivity index is 1.23. The Labute approximate surface area is 325 Å². The number of Topliss-reactive ketones (excluding diaryl/α,β-unsaturated/α-hetero) is 1. The average molecular weight is 719 g/mol. The van der Waals surface area contributed by atoms with Crippen molar-refractivity contribution in [3.8, 4) is 0 Å². The Bertz CT molecular complexity index is 1620. The Morgan fingerprint density at radius 3 is 2.06 bits per heavy atom. The van der Waals surface area contributed by atoms with Gasteiger partial charge in [0.05, 0.1) is 0 Å². The van der Waals surface area contributed by atoms with Crippen molar-refractivity contribution in [3.63, 3.8) is 0 Å². The summed E-state index contributed by atoms with van der Waals surface area (Å²) in [4.78, 5) is 16.4. The lowest BCUT2D eigenvalue weighted by Gasteiger charge is -2.47. The molecular weight excluding hydrogens is 645 g/mol. The Morgan fingerprint density at radius 1 is 0.925 bits per heavy atom. The zero-order valence-electron chi connectivity index (χ0n) is 35.8. The van der Waals surface area contributed by atoms with E-state index in [0.29, 0.717) is 17.6 Å². The number of ketones is 1. The first-order valence-corrected chi connectivity index (χ1v) is 20.6. The van der Waals surface area contributed by atoms with Crippen LogP contribution in [-0.4, -0.2) is 29.3 Å². The molecule has 1 aliphatic heterocycles. The number of hydrogen-bond donors (Lipinski definition) is 1. The Morgan fingerprint density at radius 2 is 1.51 bits per heavy atom. The molecule has 4 rings (SSSR count). The molecule has 1 saturated carbocycles. The number of nitrogens with zero attached hydrogens (tertiary/aromatic N) is 1. The Kier molecular flexibility index (Phi) is 14.1. The van der Waals surface area contributed by atoms with Gasteiger partial charge in [0.25, 0.3) is 0 Å². The number of allylic oxidation sites excluding steroid dienone is 4. The zero-order chi connectivity index (χ0) is 39.2. The van der Waals surface area contributed by atoms with Gasteiger partial charge in [0.2, 0.25) is 0 Å². The summed E-state index contributed by atoms with van der Waals surface area (Å²) in [5, 5.41) is 3.64. The van der Waals surface area contributed by atoms with Gasteiger partial charge in [-0.25, -0.2) is 0 Å². The van der Waals surface area contributed by atoms with E-state index in [4.69, 9.17) is 0 Å². The van der Waals surface area contributed by atoms with Crippen molar-refractivity contribution in [3.05, 3.63) is 119 Å². The predicted molar refractivity (Wildman–Crippen MR) is 229 cm³/mol. The number of hydrogen-bond acceptors (Lipinski definition) is 3. The minimum absolute atomic E-state index is 0.0364. The molecule has 53 heavy (non-hydrogen) atoms. The molecule has 1 fully saturated rings. The van der Waals surface area contributed by atoms with Gasteiger partial charge in [-0.3, -0.25) is 4.79 Å². The van der Waals surface area contributed by atoms with E-state index in [9.17, 15) is 4.79 Å². The van der Waals surface area contributed by atoms with E-state index in [-0.39, 0.29) is 27.7 Å². The van der Waals surface area contributed by atoms with Crippen LogP contribution in [0.25, 0.3) is 0 Å². The van der Waals surface area contributed by atoms with Crippen molar-refractivity contribution in [2.75, 3.05) is 13.1 Å². The van der Waals surface area contributed by atoms with Crippen LogP contribution in [0, 0.1) is 34.0 Å². The van der Waals surface area contributed by atoms with E-state index in [1.807, 2.05) is 0 Å². The lowest BCUT2D eigenvalue weighted by Crippen LogP contribution is -2.48. The molecule has 2 aliphatic rings. The summed E-state index contributed by atoms with van der Waals surface area (Å²) < 4.78 is 0. The second-order valence-electron chi connectivity index (χ2n) is 19.9. The van der Waals surface area contributed by atoms with E-state index in [2.05, 4.69) is 173 Å². The van der Waals surface area contributed by atoms with Gasteiger partial charge < -0.3 is 10.2 Å². The molecule has 0 amide bonds. The number of carbonyl (C=O) groups is 1. The first kappa shape index (κ1) is 42.6. The molecule has 290 valence electrons. The summed E-state index contributed by atoms with van der Waals surface area (Å²) in [6, 6.07) is 18.2. The van der Waals surface area contributed by atoms with E-state index < -0.39 is 0 Å².